The van der Waals surface area contributed by atoms with Gasteiger partial charge in [0, 0.05) is 9.64 Å². The van der Waals surface area contributed by atoms with Crippen LogP contribution in [0, 0.1) is 9.39 Å². The van der Waals surface area contributed by atoms with E-state index in [9.17, 15) is 9.18 Å². The van der Waals surface area contributed by atoms with E-state index in [4.69, 9.17) is 4.74 Å². The molecule has 0 saturated heterocycles. The number of ether oxygens (including phenoxy) is 1. The molecule has 1 aromatic rings. The summed E-state index contributed by atoms with van der Waals surface area (Å²) in [5.74, 6) is -0.397. The van der Waals surface area contributed by atoms with Gasteiger partial charge in [0.2, 0.25) is 0 Å². The lowest BCUT2D eigenvalue weighted by Gasteiger charge is -2.06. The van der Waals surface area contributed by atoms with Crippen LogP contribution in [0.1, 0.15) is 10.4 Å². The Hall–Kier alpha value is -0.170. The van der Waals surface area contributed by atoms with Crippen molar-refractivity contribution in [3.05, 3.63) is 27.1 Å². The van der Waals surface area contributed by atoms with E-state index < -0.39 is 5.82 Å². The second-order valence-electron chi connectivity index (χ2n) is 2.52. The normalized spacial score (nSPS) is 10.0. The third-order valence-corrected chi connectivity index (χ3v) is 3.01. The van der Waals surface area contributed by atoms with Crippen molar-refractivity contribution in [2.24, 2.45) is 0 Å². The van der Waals surface area contributed by atoms with Crippen molar-refractivity contribution >= 4 is 44.3 Å². The average Bonchev–Trinajstić information content (AvgIpc) is 2.16. The molecule has 0 unspecified atom stereocenters. The highest BCUT2D eigenvalue weighted by Gasteiger charge is 2.15. The van der Waals surface area contributed by atoms with Crippen LogP contribution in [0.2, 0.25) is 0 Å². The summed E-state index contributed by atoms with van der Waals surface area (Å²) in [6.07, 6.45) is 0. The molecule has 0 radical (unpaired) electrons. The van der Waals surface area contributed by atoms with Gasteiger partial charge in [-0.25, -0.2) is 4.39 Å². The minimum atomic E-state index is -0.543. The van der Waals surface area contributed by atoms with Crippen molar-refractivity contribution in [1.82, 2.24) is 0 Å². The van der Waals surface area contributed by atoms with Crippen molar-refractivity contribution in [2.75, 3.05) is 12.4 Å². The summed E-state index contributed by atoms with van der Waals surface area (Å²) in [5.41, 5.74) is 0.114. The zero-order valence-corrected chi connectivity index (χ0v) is 11.1. The third kappa shape index (κ3) is 2.44. The lowest BCUT2D eigenvalue weighted by Crippen LogP contribution is -2.06. The van der Waals surface area contributed by atoms with Crippen LogP contribution in [0.15, 0.2) is 12.1 Å². The number of Topliss-reactive ketones (excluding diaryl/α,β-unsaturated/α-hetero) is 1. The quantitative estimate of drug-likeness (QED) is 0.463. The number of carbonyl (C=O) groups is 1. The molecule has 0 fully saturated rings. The number of methoxy groups -OCH3 is 1. The minimum absolute atomic E-state index is 0.114. The van der Waals surface area contributed by atoms with Gasteiger partial charge in [-0.3, -0.25) is 4.79 Å². The first-order chi connectivity index (χ1) is 6.60. The maximum Gasteiger partial charge on any atom is 0.177 e. The minimum Gasteiger partial charge on any atom is -0.497 e. The highest BCUT2D eigenvalue weighted by atomic mass is 127. The van der Waals surface area contributed by atoms with Gasteiger partial charge >= 0.3 is 0 Å². The predicted molar refractivity (Wildman–Crippen MR) is 63.8 cm³/mol. The van der Waals surface area contributed by atoms with Gasteiger partial charge in [0.05, 0.1) is 18.0 Å². The van der Waals surface area contributed by atoms with E-state index in [2.05, 4.69) is 15.9 Å². The Labute approximate surface area is 103 Å². The smallest absolute Gasteiger partial charge is 0.177 e. The lowest BCUT2D eigenvalue weighted by atomic mass is 10.1. The van der Waals surface area contributed by atoms with Crippen LogP contribution >= 0.6 is 38.5 Å². The van der Waals surface area contributed by atoms with E-state index in [1.165, 1.54) is 13.2 Å². The second-order valence-corrected chi connectivity index (χ2v) is 4.25. The van der Waals surface area contributed by atoms with Gasteiger partial charge in [0.25, 0.3) is 0 Å². The fraction of sp³-hybridized carbons (Fsp3) is 0.222. The van der Waals surface area contributed by atoms with E-state index in [1.54, 1.807) is 6.07 Å². The summed E-state index contributed by atoms with van der Waals surface area (Å²) < 4.78 is 18.8. The number of benzene rings is 1. The van der Waals surface area contributed by atoms with Gasteiger partial charge in [-0.1, -0.05) is 15.9 Å². The predicted octanol–water partition coefficient (Wildman–Crippen LogP) is 3.02. The molecule has 0 heterocycles. The largest absolute Gasteiger partial charge is 0.497 e. The van der Waals surface area contributed by atoms with Crippen LogP contribution in [-0.4, -0.2) is 18.2 Å². The number of alkyl halides is 1. The molecule has 0 aliphatic carbocycles. The number of ketones is 1. The molecule has 1 rings (SSSR count). The first kappa shape index (κ1) is 11.9. The standard InChI is InChI=1S/C9H7BrFIO2/c1-14-5-2-6(11)9(7(12)3-5)8(13)4-10/h2-3H,4H2,1H3. The van der Waals surface area contributed by atoms with Crippen LogP contribution < -0.4 is 4.74 Å². The molecule has 0 spiro atoms. The first-order valence-corrected chi connectivity index (χ1v) is 5.92. The Morgan fingerprint density at radius 3 is 2.71 bits per heavy atom. The van der Waals surface area contributed by atoms with Crippen LogP contribution in [0.25, 0.3) is 0 Å². The van der Waals surface area contributed by atoms with Crippen LogP contribution in [-0.2, 0) is 0 Å². The second kappa shape index (κ2) is 5.06. The Morgan fingerprint density at radius 1 is 1.64 bits per heavy atom. The molecule has 0 aromatic heterocycles. The molecular weight excluding hydrogens is 366 g/mol. The van der Waals surface area contributed by atoms with Crippen molar-refractivity contribution in [2.45, 2.75) is 0 Å². The molecule has 76 valence electrons. The van der Waals surface area contributed by atoms with Gasteiger partial charge in [-0.05, 0) is 28.7 Å². The molecule has 1 aromatic carbocycles. The Kier molecular flexibility index (Phi) is 4.31. The molecular formula is C9H7BrFIO2. The molecule has 0 saturated carbocycles. The van der Waals surface area contributed by atoms with Crippen LogP contribution in [0.5, 0.6) is 5.75 Å². The topological polar surface area (TPSA) is 26.3 Å². The number of hydrogen-bond donors (Lipinski definition) is 0. The zero-order chi connectivity index (χ0) is 10.7. The zero-order valence-electron chi connectivity index (χ0n) is 7.31. The van der Waals surface area contributed by atoms with Crippen molar-refractivity contribution in [3.63, 3.8) is 0 Å². The monoisotopic (exact) mass is 372 g/mol. The molecule has 0 amide bonds. The van der Waals surface area contributed by atoms with Crippen molar-refractivity contribution < 1.29 is 13.9 Å². The number of rotatable bonds is 3. The molecule has 2 nitrogen and oxygen atoms in total. The van der Waals surface area contributed by atoms with Gasteiger partial charge in [-0.2, -0.15) is 0 Å². The maximum atomic E-state index is 13.4. The molecule has 0 aliphatic heterocycles. The molecule has 14 heavy (non-hydrogen) atoms. The summed E-state index contributed by atoms with van der Waals surface area (Å²) in [7, 11) is 1.46. The van der Waals surface area contributed by atoms with Gasteiger partial charge in [0.15, 0.2) is 5.78 Å². The Morgan fingerprint density at radius 2 is 2.29 bits per heavy atom. The summed E-state index contributed by atoms with van der Waals surface area (Å²) in [6, 6.07) is 2.83. The fourth-order valence-corrected chi connectivity index (χ4v) is 2.15. The highest BCUT2D eigenvalue weighted by molar-refractivity contribution is 14.1. The Balaban J connectivity index is 3.25. The lowest BCUT2D eigenvalue weighted by molar-refractivity contribution is 0.101. The summed E-state index contributed by atoms with van der Waals surface area (Å²) in [6.45, 7) is 0. The van der Waals surface area contributed by atoms with E-state index in [0.717, 1.165) is 0 Å². The van der Waals surface area contributed by atoms with E-state index in [0.29, 0.717) is 9.32 Å². The van der Waals surface area contributed by atoms with Crippen molar-refractivity contribution in [1.29, 1.82) is 0 Å². The number of hydrogen-bond acceptors (Lipinski definition) is 2. The summed E-state index contributed by atoms with van der Waals surface area (Å²) in [5, 5.41) is 0.117. The van der Waals surface area contributed by atoms with Crippen molar-refractivity contribution in [3.8, 4) is 5.75 Å². The van der Waals surface area contributed by atoms with Gasteiger partial charge in [0.1, 0.15) is 11.6 Å². The molecule has 5 heteroatoms. The average molecular weight is 373 g/mol. The van der Waals surface area contributed by atoms with Crippen LogP contribution in [0.3, 0.4) is 0 Å². The number of carbonyl (C=O) groups excluding carboxylic acids is 1. The van der Waals surface area contributed by atoms with E-state index in [-0.39, 0.29) is 16.7 Å². The van der Waals surface area contributed by atoms with Gasteiger partial charge in [-0.15, -0.1) is 0 Å². The third-order valence-electron chi connectivity index (χ3n) is 1.65. The van der Waals surface area contributed by atoms with Crippen LogP contribution in [0.4, 0.5) is 4.39 Å². The highest BCUT2D eigenvalue weighted by Crippen LogP contribution is 2.23. The SMILES string of the molecule is COc1cc(F)c(C(=O)CBr)c(I)c1. The summed E-state index contributed by atoms with van der Waals surface area (Å²) in [4.78, 5) is 11.3. The molecule has 0 aliphatic rings. The first-order valence-electron chi connectivity index (χ1n) is 3.72. The van der Waals surface area contributed by atoms with E-state index >= 15 is 0 Å². The van der Waals surface area contributed by atoms with E-state index in [1.807, 2.05) is 22.6 Å². The fourth-order valence-electron chi connectivity index (χ4n) is 1.00. The maximum absolute atomic E-state index is 13.4. The number of halogens is 3. The Bertz CT molecular complexity index is 345. The molecule has 0 N–H and O–H groups in total. The molecule has 0 atom stereocenters. The van der Waals surface area contributed by atoms with Gasteiger partial charge < -0.3 is 4.74 Å². The molecule has 0 bridgehead atoms. The summed E-state index contributed by atoms with van der Waals surface area (Å²) >= 11 is 4.92.